The number of nitrogens with one attached hydrogen (secondary N) is 1. The van der Waals surface area contributed by atoms with Gasteiger partial charge in [-0.3, -0.25) is 4.79 Å². The molecular weight excluding hydrogens is 356 g/mol. The van der Waals surface area contributed by atoms with Crippen molar-refractivity contribution in [3.05, 3.63) is 42.4 Å². The second-order valence-corrected chi connectivity index (χ2v) is 7.96. The first-order valence-electron chi connectivity index (χ1n) is 8.63. The molecule has 140 valence electrons. The summed E-state index contributed by atoms with van der Waals surface area (Å²) in [4.78, 5) is 12.5. The third-order valence-electron chi connectivity index (χ3n) is 4.24. The maximum atomic E-state index is 12.9. The van der Waals surface area contributed by atoms with Gasteiger partial charge in [-0.1, -0.05) is 6.42 Å². The van der Waals surface area contributed by atoms with Crippen molar-refractivity contribution in [3.8, 4) is 5.75 Å². The van der Waals surface area contributed by atoms with Crippen LogP contribution < -0.4 is 10.1 Å². The summed E-state index contributed by atoms with van der Waals surface area (Å²) in [5.41, 5.74) is 0.660. The fourth-order valence-corrected chi connectivity index (χ4v) is 4.43. The summed E-state index contributed by atoms with van der Waals surface area (Å²) < 4.78 is 37.7. The van der Waals surface area contributed by atoms with Crippen LogP contribution in [0.3, 0.4) is 0 Å². The molecule has 8 heteroatoms. The van der Waals surface area contributed by atoms with E-state index < -0.39 is 15.9 Å². The van der Waals surface area contributed by atoms with Crippen LogP contribution in [0.25, 0.3) is 0 Å². The van der Waals surface area contributed by atoms with Gasteiger partial charge in [-0.2, -0.15) is 4.31 Å². The van der Waals surface area contributed by atoms with Crippen molar-refractivity contribution in [2.45, 2.75) is 31.1 Å². The average Bonchev–Trinajstić information content (AvgIpc) is 3.19. The molecule has 1 amide bonds. The molecule has 26 heavy (non-hydrogen) atoms. The molecule has 0 bridgehead atoms. The summed E-state index contributed by atoms with van der Waals surface area (Å²) in [5, 5.41) is 2.71. The number of piperidine rings is 1. The third kappa shape index (κ3) is 3.91. The van der Waals surface area contributed by atoms with E-state index >= 15 is 0 Å². The molecule has 1 saturated heterocycles. The van der Waals surface area contributed by atoms with Gasteiger partial charge < -0.3 is 14.5 Å². The molecular formula is C18H22N2O5S. The Morgan fingerprint density at radius 1 is 1.23 bits per heavy atom. The molecule has 1 aliphatic heterocycles. The molecule has 2 aromatic rings. The van der Waals surface area contributed by atoms with Crippen molar-refractivity contribution in [1.82, 2.24) is 4.31 Å². The van der Waals surface area contributed by atoms with Crippen LogP contribution in [-0.4, -0.2) is 38.3 Å². The van der Waals surface area contributed by atoms with E-state index in [1.54, 1.807) is 6.07 Å². The SMILES string of the molecule is CCOc1ccc(S(=O)(=O)N2CCCCC2)cc1NC(=O)c1ccoc1. The number of hydrogen-bond donors (Lipinski definition) is 1. The van der Waals surface area contributed by atoms with Crippen LogP contribution in [0.1, 0.15) is 36.5 Å². The molecule has 0 radical (unpaired) electrons. The van der Waals surface area contributed by atoms with Crippen LogP contribution >= 0.6 is 0 Å². The summed E-state index contributed by atoms with van der Waals surface area (Å²) in [7, 11) is -3.60. The number of anilines is 1. The summed E-state index contributed by atoms with van der Waals surface area (Å²) in [6, 6.07) is 6.07. The Morgan fingerprint density at radius 3 is 2.65 bits per heavy atom. The lowest BCUT2D eigenvalue weighted by Gasteiger charge is -2.26. The number of benzene rings is 1. The molecule has 0 atom stereocenters. The number of sulfonamides is 1. The lowest BCUT2D eigenvalue weighted by atomic mass is 10.2. The summed E-state index contributed by atoms with van der Waals surface area (Å²) in [6.07, 6.45) is 5.49. The van der Waals surface area contributed by atoms with Crippen LogP contribution in [0.4, 0.5) is 5.69 Å². The van der Waals surface area contributed by atoms with Crippen molar-refractivity contribution >= 4 is 21.6 Å². The molecule has 1 aliphatic rings. The number of amides is 1. The molecule has 0 spiro atoms. The van der Waals surface area contributed by atoms with Gasteiger partial charge in [0.25, 0.3) is 5.91 Å². The van der Waals surface area contributed by atoms with E-state index in [2.05, 4.69) is 5.32 Å². The van der Waals surface area contributed by atoms with E-state index in [1.807, 2.05) is 6.92 Å². The van der Waals surface area contributed by atoms with Gasteiger partial charge in [0.05, 0.1) is 29.0 Å². The van der Waals surface area contributed by atoms with Gasteiger partial charge >= 0.3 is 0 Å². The molecule has 0 unspecified atom stereocenters. The smallest absolute Gasteiger partial charge is 0.259 e. The van der Waals surface area contributed by atoms with Gasteiger partial charge in [0.15, 0.2) is 0 Å². The van der Waals surface area contributed by atoms with Crippen molar-refractivity contribution in [2.75, 3.05) is 25.0 Å². The molecule has 7 nitrogen and oxygen atoms in total. The Kier molecular flexibility index (Phi) is 5.63. The quantitative estimate of drug-likeness (QED) is 0.834. The second kappa shape index (κ2) is 7.92. The van der Waals surface area contributed by atoms with Crippen molar-refractivity contribution < 1.29 is 22.4 Å². The average molecular weight is 378 g/mol. The monoisotopic (exact) mass is 378 g/mol. The predicted octanol–water partition coefficient (Wildman–Crippen LogP) is 3.11. The van der Waals surface area contributed by atoms with E-state index in [1.165, 1.54) is 35.0 Å². The zero-order valence-electron chi connectivity index (χ0n) is 14.6. The Hall–Kier alpha value is -2.32. The molecule has 0 saturated carbocycles. The van der Waals surface area contributed by atoms with Gasteiger partial charge in [-0.25, -0.2) is 8.42 Å². The maximum Gasteiger partial charge on any atom is 0.259 e. The Morgan fingerprint density at radius 2 is 2.00 bits per heavy atom. The van der Waals surface area contributed by atoms with Crippen LogP contribution in [0.2, 0.25) is 0 Å². The van der Waals surface area contributed by atoms with Crippen molar-refractivity contribution in [2.24, 2.45) is 0 Å². The standard InChI is InChI=1S/C18H22N2O5S/c1-2-25-17-7-6-15(26(22,23)20-9-4-3-5-10-20)12-16(17)19-18(21)14-8-11-24-13-14/h6-8,11-13H,2-5,9-10H2,1H3,(H,19,21). The molecule has 2 heterocycles. The minimum Gasteiger partial charge on any atom is -0.492 e. The Balaban J connectivity index is 1.91. The molecule has 1 N–H and O–H groups in total. The number of carbonyl (C=O) groups is 1. The zero-order valence-corrected chi connectivity index (χ0v) is 15.4. The Bertz CT molecular complexity index is 856. The highest BCUT2D eigenvalue weighted by Crippen LogP contribution is 2.30. The first-order chi connectivity index (χ1) is 12.5. The highest BCUT2D eigenvalue weighted by molar-refractivity contribution is 7.89. The van der Waals surface area contributed by atoms with E-state index in [4.69, 9.17) is 9.15 Å². The van der Waals surface area contributed by atoms with Gasteiger partial charge in [-0.05, 0) is 44.0 Å². The van der Waals surface area contributed by atoms with E-state index in [0.717, 1.165) is 19.3 Å². The van der Waals surface area contributed by atoms with Crippen LogP contribution in [-0.2, 0) is 10.0 Å². The van der Waals surface area contributed by atoms with Gasteiger partial charge in [0.1, 0.15) is 12.0 Å². The number of nitrogens with zero attached hydrogens (tertiary/aromatic N) is 1. The molecule has 1 fully saturated rings. The number of rotatable bonds is 6. The first kappa shape index (κ1) is 18.5. The second-order valence-electron chi connectivity index (χ2n) is 6.02. The largest absolute Gasteiger partial charge is 0.492 e. The zero-order chi connectivity index (χ0) is 18.6. The van der Waals surface area contributed by atoms with Crippen LogP contribution in [0.5, 0.6) is 5.75 Å². The molecule has 0 aliphatic carbocycles. The molecule has 1 aromatic carbocycles. The van der Waals surface area contributed by atoms with Gasteiger partial charge in [0, 0.05) is 13.1 Å². The lowest BCUT2D eigenvalue weighted by Crippen LogP contribution is -2.35. The number of carbonyl (C=O) groups excluding carboxylic acids is 1. The minimum atomic E-state index is -3.60. The predicted molar refractivity (Wildman–Crippen MR) is 96.9 cm³/mol. The highest BCUT2D eigenvalue weighted by atomic mass is 32.2. The Labute approximate surface area is 153 Å². The highest BCUT2D eigenvalue weighted by Gasteiger charge is 2.27. The van der Waals surface area contributed by atoms with Crippen molar-refractivity contribution in [1.29, 1.82) is 0 Å². The number of hydrogen-bond acceptors (Lipinski definition) is 5. The van der Waals surface area contributed by atoms with Crippen LogP contribution in [0, 0.1) is 0 Å². The normalized spacial score (nSPS) is 15.6. The first-order valence-corrected chi connectivity index (χ1v) is 10.1. The van der Waals surface area contributed by atoms with E-state index in [9.17, 15) is 13.2 Å². The van der Waals surface area contributed by atoms with E-state index in [0.29, 0.717) is 36.7 Å². The third-order valence-corrected chi connectivity index (χ3v) is 6.13. The van der Waals surface area contributed by atoms with E-state index in [-0.39, 0.29) is 4.90 Å². The topological polar surface area (TPSA) is 88.9 Å². The summed E-state index contributed by atoms with van der Waals surface area (Å²) in [5.74, 6) is 0.0224. The van der Waals surface area contributed by atoms with Gasteiger partial charge in [-0.15, -0.1) is 0 Å². The summed E-state index contributed by atoms with van der Waals surface area (Å²) in [6.45, 7) is 3.26. The minimum absolute atomic E-state index is 0.144. The fourth-order valence-electron chi connectivity index (χ4n) is 2.89. The fraction of sp³-hybridized carbons (Fsp3) is 0.389. The van der Waals surface area contributed by atoms with Crippen LogP contribution in [0.15, 0.2) is 46.1 Å². The summed E-state index contributed by atoms with van der Waals surface area (Å²) >= 11 is 0. The molecule has 3 rings (SSSR count). The maximum absolute atomic E-state index is 12.9. The number of furan rings is 1. The number of ether oxygens (including phenoxy) is 1. The molecule has 1 aromatic heterocycles. The lowest BCUT2D eigenvalue weighted by molar-refractivity contribution is 0.102. The van der Waals surface area contributed by atoms with Gasteiger partial charge in [0.2, 0.25) is 10.0 Å². The van der Waals surface area contributed by atoms with Crippen molar-refractivity contribution in [3.63, 3.8) is 0 Å².